The van der Waals surface area contributed by atoms with Crippen LogP contribution in [0.25, 0.3) is 0 Å². The molecule has 0 aromatic heterocycles. The fraction of sp³-hybridized carbons (Fsp3) is 1.00. The molecule has 0 spiro atoms. The molecule has 0 aliphatic rings. The van der Waals surface area contributed by atoms with Gasteiger partial charge in [0, 0.05) is 6.61 Å². The summed E-state index contributed by atoms with van der Waals surface area (Å²) in [6, 6.07) is 0. The van der Waals surface area contributed by atoms with Gasteiger partial charge in [-0.2, -0.15) is 0 Å². The first-order valence-corrected chi connectivity index (χ1v) is 2.22. The van der Waals surface area contributed by atoms with Crippen LogP contribution in [0.4, 0.5) is 0 Å². The van der Waals surface area contributed by atoms with Crippen LogP contribution in [-0.4, -0.2) is 28.1 Å². The Balaban J connectivity index is 0. The van der Waals surface area contributed by atoms with Crippen molar-refractivity contribution in [1.29, 1.82) is 0 Å². The number of hydrogen-bond acceptors (Lipinski definition) is 1. The maximum absolute atomic E-state index is 4.68. The largest absolute Gasteiger partial charge is 0.428 e. The molecule has 0 saturated carbocycles. The average molecular weight is 108 g/mol. The van der Waals surface area contributed by atoms with Crippen LogP contribution in [0.5, 0.6) is 0 Å². The fourth-order valence-corrected chi connectivity index (χ4v) is 0. The van der Waals surface area contributed by atoms with Gasteiger partial charge in [0.05, 0.1) is 0 Å². The second-order valence-corrected chi connectivity index (χ2v) is 1.15. The summed E-state index contributed by atoms with van der Waals surface area (Å²) >= 11 is 0. The normalized spacial score (nSPS) is 6.60. The summed E-state index contributed by atoms with van der Waals surface area (Å²) in [6.07, 6.45) is 0. The molecule has 3 heteroatoms. The van der Waals surface area contributed by atoms with E-state index in [9.17, 15) is 0 Å². The van der Waals surface area contributed by atoms with E-state index in [4.69, 9.17) is 0 Å². The summed E-state index contributed by atoms with van der Waals surface area (Å²) in [7, 11) is 0.890. The lowest BCUT2D eigenvalue weighted by molar-refractivity contribution is 0.375. The van der Waals surface area contributed by atoms with Crippen molar-refractivity contribution in [3.8, 4) is 0 Å². The van der Waals surface area contributed by atoms with Crippen LogP contribution in [-0.2, 0) is 4.43 Å². The van der Waals surface area contributed by atoms with Crippen LogP contribution in [0.2, 0.25) is 0 Å². The van der Waals surface area contributed by atoms with E-state index < -0.39 is 0 Å². The zero-order valence-electron chi connectivity index (χ0n) is 3.12. The maximum Gasteiger partial charge on any atom is 0.145 e. The highest BCUT2D eigenvalue weighted by Gasteiger charge is 1.51. The van der Waals surface area contributed by atoms with Gasteiger partial charge in [0.2, 0.25) is 0 Å². The monoisotopic (exact) mass is 108 g/mol. The Kier molecular flexibility index (Phi) is 16.0. The summed E-state index contributed by atoms with van der Waals surface area (Å²) in [5.41, 5.74) is 0. The van der Waals surface area contributed by atoms with Gasteiger partial charge in [0.1, 0.15) is 10.5 Å². The van der Waals surface area contributed by atoms with Crippen molar-refractivity contribution in [3.63, 3.8) is 0 Å². The van der Waals surface area contributed by atoms with Crippen LogP contribution < -0.4 is 0 Å². The molecule has 0 atom stereocenters. The van der Waals surface area contributed by atoms with Crippen LogP contribution in [0.3, 0.4) is 0 Å². The highest BCUT2D eigenvalue weighted by Crippen LogP contribution is 1.50. The molecule has 0 radical (unpaired) electrons. The lowest BCUT2D eigenvalue weighted by Gasteiger charge is -1.77. The fourth-order valence-electron chi connectivity index (χ4n) is 0. The Morgan fingerprint density at radius 2 is 2.00 bits per heavy atom. The molecular formula is C2H12OSi2. The minimum atomic E-state index is 0. The minimum Gasteiger partial charge on any atom is -0.428 e. The molecule has 0 aliphatic heterocycles. The second-order valence-electron chi connectivity index (χ2n) is 0.577. The van der Waals surface area contributed by atoms with E-state index in [-0.39, 0.29) is 11.0 Å². The summed E-state index contributed by atoms with van der Waals surface area (Å²) in [6.45, 7) is 2.87. The molecule has 0 rings (SSSR count). The molecule has 0 bridgehead atoms. The molecule has 0 aromatic rings. The molecule has 1 nitrogen and oxygen atoms in total. The molecule has 0 fully saturated rings. The molecule has 0 aromatic carbocycles. The predicted octanol–water partition coefficient (Wildman–Crippen LogP) is -2.15. The van der Waals surface area contributed by atoms with E-state index in [0.29, 0.717) is 0 Å². The maximum atomic E-state index is 4.68. The highest BCUT2D eigenvalue weighted by atomic mass is 28.2. The molecule has 0 saturated heterocycles. The topological polar surface area (TPSA) is 9.23 Å². The Labute approximate surface area is 40.3 Å². The van der Waals surface area contributed by atoms with Gasteiger partial charge in [0.15, 0.2) is 0 Å². The van der Waals surface area contributed by atoms with Crippen molar-refractivity contribution in [3.05, 3.63) is 0 Å². The smallest absolute Gasteiger partial charge is 0.145 e. The van der Waals surface area contributed by atoms with Gasteiger partial charge < -0.3 is 4.43 Å². The number of hydrogen-bond donors (Lipinski definition) is 0. The van der Waals surface area contributed by atoms with Gasteiger partial charge in [-0.1, -0.05) is 0 Å². The molecule has 0 amide bonds. The van der Waals surface area contributed by atoms with Crippen molar-refractivity contribution in [2.75, 3.05) is 6.61 Å². The highest BCUT2D eigenvalue weighted by molar-refractivity contribution is 5.97. The molecule has 0 heterocycles. The van der Waals surface area contributed by atoms with Crippen molar-refractivity contribution < 1.29 is 4.43 Å². The van der Waals surface area contributed by atoms with Crippen molar-refractivity contribution in [1.82, 2.24) is 0 Å². The summed E-state index contributed by atoms with van der Waals surface area (Å²) in [5.74, 6) is 0. The SMILES string of the molecule is CCO[SiH3].[SiH4]. The third-order valence-electron chi connectivity index (χ3n) is 0.289. The predicted molar refractivity (Wildman–Crippen MR) is 32.9 cm³/mol. The molecule has 5 heavy (non-hydrogen) atoms. The Bertz CT molecular complexity index is 9.61. The van der Waals surface area contributed by atoms with Crippen LogP contribution in [0.15, 0.2) is 0 Å². The quantitative estimate of drug-likeness (QED) is 0.348. The van der Waals surface area contributed by atoms with Crippen molar-refractivity contribution in [2.45, 2.75) is 6.92 Å². The molecule has 0 N–H and O–H groups in total. The Hall–Kier alpha value is 0.394. The summed E-state index contributed by atoms with van der Waals surface area (Å²) in [4.78, 5) is 0. The minimum absolute atomic E-state index is 0. The van der Waals surface area contributed by atoms with E-state index in [1.54, 1.807) is 0 Å². The van der Waals surface area contributed by atoms with Crippen LogP contribution in [0.1, 0.15) is 6.92 Å². The Morgan fingerprint density at radius 3 is 2.00 bits per heavy atom. The van der Waals surface area contributed by atoms with Crippen LogP contribution in [0, 0.1) is 0 Å². The van der Waals surface area contributed by atoms with Gasteiger partial charge in [-0.15, -0.1) is 0 Å². The second kappa shape index (κ2) is 8.83. The van der Waals surface area contributed by atoms with E-state index in [1.165, 1.54) is 0 Å². The van der Waals surface area contributed by atoms with E-state index >= 15 is 0 Å². The third-order valence-corrected chi connectivity index (χ3v) is 0.866. The van der Waals surface area contributed by atoms with Gasteiger partial charge in [-0.3, -0.25) is 0 Å². The van der Waals surface area contributed by atoms with E-state index in [2.05, 4.69) is 4.43 Å². The lowest BCUT2D eigenvalue weighted by Crippen LogP contribution is -1.76. The van der Waals surface area contributed by atoms with Gasteiger partial charge in [-0.25, -0.2) is 0 Å². The molecule has 0 unspecified atom stereocenters. The number of rotatable bonds is 1. The molecular weight excluding hydrogens is 96.2 g/mol. The zero-order valence-corrected chi connectivity index (χ0v) is 5.12. The third kappa shape index (κ3) is 13.0. The first kappa shape index (κ1) is 9.04. The van der Waals surface area contributed by atoms with Crippen LogP contribution >= 0.6 is 0 Å². The Morgan fingerprint density at radius 1 is 1.80 bits per heavy atom. The summed E-state index contributed by atoms with van der Waals surface area (Å²) in [5, 5.41) is 0. The van der Waals surface area contributed by atoms with Gasteiger partial charge in [-0.05, 0) is 17.9 Å². The summed E-state index contributed by atoms with van der Waals surface area (Å²) < 4.78 is 4.68. The van der Waals surface area contributed by atoms with Gasteiger partial charge >= 0.3 is 0 Å². The average Bonchev–Trinajstić information content (AvgIpc) is 1.37. The lowest BCUT2D eigenvalue weighted by atomic mass is 10.9. The van der Waals surface area contributed by atoms with Gasteiger partial charge in [0.25, 0.3) is 0 Å². The zero-order chi connectivity index (χ0) is 3.41. The van der Waals surface area contributed by atoms with Crippen molar-refractivity contribution >= 4 is 21.5 Å². The molecule has 34 valence electrons. The first-order valence-electron chi connectivity index (χ1n) is 1.40. The van der Waals surface area contributed by atoms with E-state index in [0.717, 1.165) is 17.1 Å². The molecule has 0 aliphatic carbocycles. The van der Waals surface area contributed by atoms with Crippen molar-refractivity contribution in [2.24, 2.45) is 0 Å². The van der Waals surface area contributed by atoms with E-state index in [1.807, 2.05) is 6.92 Å². The standard InChI is InChI=1S/C2H8OSi.H4Si/c1-2-3-4;/h2H2,1,4H3;1H4. The first-order chi connectivity index (χ1) is 1.91.